The number of carbonyl (C=O) groups is 8. The Bertz CT molecular complexity index is 1850. The van der Waals surface area contributed by atoms with Crippen molar-refractivity contribution in [3.63, 3.8) is 0 Å². The number of hydrogen-bond donors (Lipinski definition) is 12. The molecule has 1 heterocycles. The van der Waals surface area contributed by atoms with Gasteiger partial charge in [-0.2, -0.15) is 0 Å². The molecule has 63 heavy (non-hydrogen) atoms. The second-order valence-corrected chi connectivity index (χ2v) is 16.0. The summed E-state index contributed by atoms with van der Waals surface area (Å²) in [7, 11) is 0. The number of aromatic nitrogens is 2. The second kappa shape index (κ2) is 26.7. The number of nitrogens with one attached hydrogen (secondary N) is 8. The number of carbonyl (C=O) groups excluding carboxylic acids is 7. The first-order valence-electron chi connectivity index (χ1n) is 20.7. The van der Waals surface area contributed by atoms with Crippen molar-refractivity contribution >= 4 is 53.3 Å². The average molecular weight is 885 g/mol. The van der Waals surface area contributed by atoms with E-state index in [9.17, 15) is 48.6 Å². The van der Waals surface area contributed by atoms with Crippen LogP contribution in [0.4, 0.5) is 0 Å². The Morgan fingerprint density at radius 3 is 1.63 bits per heavy atom. The number of guanidine groups is 1. The second-order valence-electron chi connectivity index (χ2n) is 16.0. The summed E-state index contributed by atoms with van der Waals surface area (Å²) >= 11 is 0. The van der Waals surface area contributed by atoms with Crippen LogP contribution in [-0.4, -0.2) is 129 Å². The molecule has 22 nitrogen and oxygen atoms in total. The summed E-state index contributed by atoms with van der Waals surface area (Å²) in [6.45, 7) is 9.19. The van der Waals surface area contributed by atoms with E-state index in [-0.39, 0.29) is 62.9 Å². The molecule has 1 aromatic carbocycles. The van der Waals surface area contributed by atoms with Gasteiger partial charge in [0, 0.05) is 38.2 Å². The van der Waals surface area contributed by atoms with Gasteiger partial charge in [-0.05, 0) is 50.0 Å². The molecule has 0 aliphatic carbocycles. The molecule has 0 unspecified atom stereocenters. The van der Waals surface area contributed by atoms with Crippen molar-refractivity contribution in [2.45, 2.75) is 122 Å². The standard InChI is InChI=1S/C41H64N12O10/c1-22(2)15-29(35(57)47-24(5)34(56)49-28(40(62)63)13-10-14-45-41(42)43)50-36(58)30(16-23(3)4)51-37(59)31(17-26-11-8-7-9-12-26)52-38(60)32(18-27-19-44-21-46-27)53-39(61)33(20-54)48-25(6)55/h7-9,11-12,19,21-24,28-33,54H,10,13-18,20H2,1-6H3,(H,44,46)(H,47,57)(H,48,55)(H,49,56)(H,50,58)(H,51,59)(H,52,60)(H,53,61)(H,62,63)(H4,42,43,45)/t24-,28-,29-,30-,31-,32-,33-/m0/s1. The quantitative estimate of drug-likeness (QED) is 0.0259. The van der Waals surface area contributed by atoms with Gasteiger partial charge in [-0.15, -0.1) is 0 Å². The third kappa shape index (κ3) is 19.8. The van der Waals surface area contributed by atoms with Gasteiger partial charge in [-0.1, -0.05) is 58.0 Å². The number of aliphatic hydroxyl groups is 1. The molecule has 0 spiro atoms. The number of aromatic amines is 1. The minimum atomic E-state index is -1.37. The maximum atomic E-state index is 14.2. The normalized spacial score (nSPS) is 14.4. The molecule has 2 rings (SSSR count). The molecule has 2 aromatic rings. The molecule has 0 bridgehead atoms. The number of amides is 7. The fraction of sp³-hybridized carbons (Fsp3) is 0.561. The van der Waals surface area contributed by atoms with Crippen LogP contribution in [0.3, 0.4) is 0 Å². The lowest BCUT2D eigenvalue weighted by Crippen LogP contribution is -2.60. The smallest absolute Gasteiger partial charge is 0.326 e. The molecular weight excluding hydrogens is 821 g/mol. The lowest BCUT2D eigenvalue weighted by atomic mass is 9.99. The van der Waals surface area contributed by atoms with Crippen molar-refractivity contribution in [1.29, 1.82) is 0 Å². The minimum Gasteiger partial charge on any atom is -0.480 e. The van der Waals surface area contributed by atoms with Crippen LogP contribution in [0.5, 0.6) is 0 Å². The number of aliphatic carboxylic acids is 1. The Hall–Kier alpha value is -6.58. The van der Waals surface area contributed by atoms with E-state index in [1.54, 1.807) is 30.3 Å². The zero-order valence-electron chi connectivity index (χ0n) is 36.6. The number of aliphatic hydroxyl groups excluding tert-OH is 1. The number of carboxylic acids is 1. The summed E-state index contributed by atoms with van der Waals surface area (Å²) in [4.78, 5) is 116. The predicted molar refractivity (Wildman–Crippen MR) is 231 cm³/mol. The molecule has 0 aliphatic heterocycles. The highest BCUT2D eigenvalue weighted by Gasteiger charge is 2.34. The van der Waals surface area contributed by atoms with Crippen LogP contribution in [0, 0.1) is 11.8 Å². The van der Waals surface area contributed by atoms with Crippen molar-refractivity contribution in [3.8, 4) is 0 Å². The number of benzene rings is 1. The van der Waals surface area contributed by atoms with Crippen molar-refractivity contribution < 1.29 is 48.6 Å². The summed E-state index contributed by atoms with van der Waals surface area (Å²) in [5.41, 5.74) is 11.7. The zero-order chi connectivity index (χ0) is 47.2. The monoisotopic (exact) mass is 884 g/mol. The van der Waals surface area contributed by atoms with Gasteiger partial charge in [0.1, 0.15) is 42.3 Å². The molecule has 0 saturated carbocycles. The van der Waals surface area contributed by atoms with Crippen LogP contribution >= 0.6 is 0 Å². The molecule has 348 valence electrons. The van der Waals surface area contributed by atoms with E-state index in [4.69, 9.17) is 11.5 Å². The number of nitrogens with zero attached hydrogens (tertiary/aromatic N) is 2. The number of rotatable bonds is 27. The van der Waals surface area contributed by atoms with E-state index >= 15 is 0 Å². The van der Waals surface area contributed by atoms with E-state index in [0.717, 1.165) is 6.92 Å². The molecule has 14 N–H and O–H groups in total. The maximum absolute atomic E-state index is 14.2. The van der Waals surface area contributed by atoms with Crippen molar-refractivity contribution in [3.05, 3.63) is 54.1 Å². The number of hydrogen-bond acceptors (Lipinski definition) is 11. The molecule has 0 saturated heterocycles. The lowest BCUT2D eigenvalue weighted by Gasteiger charge is -2.28. The van der Waals surface area contributed by atoms with Gasteiger partial charge in [0.2, 0.25) is 41.4 Å². The summed E-state index contributed by atoms with van der Waals surface area (Å²) < 4.78 is 0. The van der Waals surface area contributed by atoms with Crippen LogP contribution < -0.4 is 48.7 Å². The average Bonchev–Trinajstić information content (AvgIpc) is 3.72. The van der Waals surface area contributed by atoms with E-state index in [1.165, 1.54) is 19.4 Å². The Balaban J connectivity index is 2.33. The van der Waals surface area contributed by atoms with E-state index in [2.05, 4.69) is 52.2 Å². The zero-order valence-corrected chi connectivity index (χ0v) is 36.6. The summed E-state index contributed by atoms with van der Waals surface area (Å²) in [5.74, 6) is -6.97. The first kappa shape index (κ1) is 52.6. The van der Waals surface area contributed by atoms with Gasteiger partial charge in [-0.25, -0.2) is 9.78 Å². The molecular formula is C41H64N12O10. The largest absolute Gasteiger partial charge is 0.480 e. The van der Waals surface area contributed by atoms with Gasteiger partial charge in [0.15, 0.2) is 5.96 Å². The van der Waals surface area contributed by atoms with Gasteiger partial charge in [0.25, 0.3) is 0 Å². The first-order chi connectivity index (χ1) is 29.7. The Morgan fingerprint density at radius 2 is 1.16 bits per heavy atom. The van der Waals surface area contributed by atoms with Crippen LogP contribution in [0.2, 0.25) is 0 Å². The molecule has 0 radical (unpaired) electrons. The molecule has 7 amide bonds. The number of aliphatic imine (C=N–C) groups is 1. The summed E-state index contributed by atoms with van der Waals surface area (Å²) in [5, 5.41) is 37.3. The van der Waals surface area contributed by atoms with Gasteiger partial charge in [-0.3, -0.25) is 38.6 Å². The molecule has 0 fully saturated rings. The highest BCUT2D eigenvalue weighted by atomic mass is 16.4. The van der Waals surface area contributed by atoms with Crippen LogP contribution in [0.25, 0.3) is 0 Å². The maximum Gasteiger partial charge on any atom is 0.326 e. The summed E-state index contributed by atoms with van der Waals surface area (Å²) in [6, 6.07) is -0.166. The lowest BCUT2D eigenvalue weighted by molar-refractivity contribution is -0.142. The summed E-state index contributed by atoms with van der Waals surface area (Å²) in [6.07, 6.45) is 3.16. The Morgan fingerprint density at radius 1 is 0.667 bits per heavy atom. The highest BCUT2D eigenvalue weighted by Crippen LogP contribution is 2.12. The number of nitrogens with two attached hydrogens (primary N) is 2. The van der Waals surface area contributed by atoms with Crippen molar-refractivity contribution in [2.24, 2.45) is 28.3 Å². The van der Waals surface area contributed by atoms with E-state index in [0.29, 0.717) is 11.3 Å². The molecule has 22 heteroatoms. The van der Waals surface area contributed by atoms with E-state index in [1.807, 2.05) is 27.7 Å². The molecule has 1 aromatic heterocycles. The van der Waals surface area contributed by atoms with Gasteiger partial charge in [0.05, 0.1) is 12.9 Å². The Kier molecular flexibility index (Phi) is 22.3. The third-order valence-corrected chi connectivity index (χ3v) is 9.40. The Labute approximate surface area is 366 Å². The first-order valence-corrected chi connectivity index (χ1v) is 20.7. The number of imidazole rings is 1. The number of carboxylic acid groups (broad SMARTS) is 1. The SMILES string of the molecule is CC(=O)N[C@@H](CO)C(=O)N[C@@H](Cc1cnc[nH]1)C(=O)N[C@@H](Cc1ccccc1)C(=O)N[C@@H](CC(C)C)C(=O)N[C@@H](CC(C)C)C(=O)N[C@@H](C)C(=O)N[C@@H](CCCN=C(N)N)C(=O)O. The molecule has 0 aliphatic rings. The van der Waals surface area contributed by atoms with Crippen LogP contribution in [-0.2, 0) is 51.2 Å². The van der Waals surface area contributed by atoms with Crippen molar-refractivity contribution in [2.75, 3.05) is 13.2 Å². The van der Waals surface area contributed by atoms with Gasteiger partial charge >= 0.3 is 5.97 Å². The van der Waals surface area contributed by atoms with Crippen LogP contribution in [0.15, 0.2) is 47.8 Å². The van der Waals surface area contributed by atoms with E-state index < -0.39 is 96.2 Å². The topological polar surface area (TPSA) is 354 Å². The van der Waals surface area contributed by atoms with Crippen LogP contribution in [0.1, 0.15) is 78.5 Å². The fourth-order valence-electron chi connectivity index (χ4n) is 6.26. The third-order valence-electron chi connectivity index (χ3n) is 9.40. The minimum absolute atomic E-state index is 0.0106. The highest BCUT2D eigenvalue weighted by molar-refractivity contribution is 5.97. The molecule has 7 atom stereocenters. The van der Waals surface area contributed by atoms with Crippen molar-refractivity contribution in [1.82, 2.24) is 47.2 Å². The predicted octanol–water partition coefficient (Wildman–Crippen LogP) is -2.15. The number of H-pyrrole nitrogens is 1. The van der Waals surface area contributed by atoms with Gasteiger partial charge < -0.3 is 63.9 Å². The fourth-order valence-corrected chi connectivity index (χ4v) is 6.26.